The van der Waals surface area contributed by atoms with Crippen molar-refractivity contribution in [3.63, 3.8) is 0 Å². The maximum Gasteiger partial charge on any atom is 0.437 e. The highest BCUT2D eigenvalue weighted by molar-refractivity contribution is 5.88. The van der Waals surface area contributed by atoms with Crippen LogP contribution in [0.3, 0.4) is 0 Å². The van der Waals surface area contributed by atoms with E-state index in [1.807, 2.05) is 4.90 Å². The molecule has 0 unspecified atom stereocenters. The van der Waals surface area contributed by atoms with Crippen LogP contribution < -0.4 is 16.4 Å². The Morgan fingerprint density at radius 3 is 2.57 bits per heavy atom. The summed E-state index contributed by atoms with van der Waals surface area (Å²) in [7, 11) is 1.58. The predicted octanol–water partition coefficient (Wildman–Crippen LogP) is 2.24. The van der Waals surface area contributed by atoms with E-state index >= 15 is 0 Å². The lowest BCUT2D eigenvalue weighted by Crippen LogP contribution is -2.35. The van der Waals surface area contributed by atoms with Gasteiger partial charge in [-0.15, -0.1) is 4.99 Å². The molecule has 1 aromatic carbocycles. The quantitative estimate of drug-likeness (QED) is 0.371. The fourth-order valence-corrected chi connectivity index (χ4v) is 3.21. The number of anilines is 1. The van der Waals surface area contributed by atoms with Crippen molar-refractivity contribution in [2.24, 2.45) is 31.6 Å². The van der Waals surface area contributed by atoms with E-state index in [1.165, 1.54) is 6.07 Å². The zero-order valence-electron chi connectivity index (χ0n) is 19.4. The SMILES string of the molecule is C/C=N\C(=NC)ON=C1CCN(c2ncc(-c3cccc(COC(=O)N=C(N)N)c3F)cn2)CC1. The first-order valence-electron chi connectivity index (χ1n) is 10.7. The molecule has 0 saturated carbocycles. The zero-order chi connectivity index (χ0) is 25.2. The molecule has 1 aliphatic rings. The van der Waals surface area contributed by atoms with Gasteiger partial charge in [0.2, 0.25) is 5.95 Å². The molecule has 0 spiro atoms. The lowest BCUT2D eigenvalue weighted by Gasteiger charge is -2.27. The second kappa shape index (κ2) is 12.2. The van der Waals surface area contributed by atoms with Crippen LogP contribution in [0.4, 0.5) is 15.1 Å². The van der Waals surface area contributed by atoms with E-state index in [2.05, 4.69) is 30.1 Å². The summed E-state index contributed by atoms with van der Waals surface area (Å²) in [6.07, 6.45) is 5.03. The third-order valence-electron chi connectivity index (χ3n) is 4.91. The Hall–Kier alpha value is -4.42. The number of rotatable bonds is 5. The number of carbonyl (C=O) groups excluding carboxylic acids is 1. The van der Waals surface area contributed by atoms with E-state index in [0.29, 0.717) is 37.4 Å². The molecule has 4 N–H and O–H groups in total. The highest BCUT2D eigenvalue weighted by Crippen LogP contribution is 2.26. The Bertz CT molecular complexity index is 1150. The predicted molar refractivity (Wildman–Crippen MR) is 131 cm³/mol. The second-order valence-electron chi connectivity index (χ2n) is 7.27. The smallest absolute Gasteiger partial charge is 0.437 e. The lowest BCUT2D eigenvalue weighted by atomic mass is 10.1. The number of oxime groups is 1. The van der Waals surface area contributed by atoms with Crippen LogP contribution in [0.5, 0.6) is 0 Å². The van der Waals surface area contributed by atoms with Crippen LogP contribution in [-0.2, 0) is 16.2 Å². The molecule has 0 aliphatic carbocycles. The molecule has 3 rings (SSSR count). The first-order chi connectivity index (χ1) is 16.9. The molecule has 1 aliphatic heterocycles. The maximum absolute atomic E-state index is 15.0. The molecule has 35 heavy (non-hydrogen) atoms. The number of carbonyl (C=O) groups is 1. The number of amidine groups is 1. The first-order valence-corrected chi connectivity index (χ1v) is 10.7. The minimum absolute atomic E-state index is 0.164. The minimum atomic E-state index is -1.00. The molecule has 1 fully saturated rings. The van der Waals surface area contributed by atoms with Gasteiger partial charge >= 0.3 is 12.1 Å². The van der Waals surface area contributed by atoms with Gasteiger partial charge in [-0.25, -0.2) is 29.1 Å². The van der Waals surface area contributed by atoms with Gasteiger partial charge in [0.15, 0.2) is 5.96 Å². The van der Waals surface area contributed by atoms with Gasteiger partial charge in [0.05, 0.1) is 5.71 Å². The number of halogens is 1. The summed E-state index contributed by atoms with van der Waals surface area (Å²) in [5.74, 6) is -0.459. The molecular formula is C22H26FN9O3. The van der Waals surface area contributed by atoms with Crippen LogP contribution in [0.2, 0.25) is 0 Å². The number of hydrogen-bond donors (Lipinski definition) is 2. The van der Waals surface area contributed by atoms with Crippen molar-refractivity contribution < 1.29 is 18.8 Å². The molecule has 13 heteroatoms. The standard InChI is InChI=1S/C22H26FN9O3/c1-3-27-21(26-2)35-31-16-7-9-32(10-8-16)20-28-11-15(12-29-20)17-6-4-5-14(18(17)23)13-34-22(33)30-19(24)25/h3-6,11-12H,7-10,13H2,1-2H3,(H4,24,25,30,33)/b26-21?,27-3-. The van der Waals surface area contributed by atoms with Crippen LogP contribution >= 0.6 is 0 Å². The Morgan fingerprint density at radius 2 is 1.94 bits per heavy atom. The molecule has 184 valence electrons. The third-order valence-corrected chi connectivity index (χ3v) is 4.91. The summed E-state index contributed by atoms with van der Waals surface area (Å²) in [5.41, 5.74) is 12.1. The fourth-order valence-electron chi connectivity index (χ4n) is 3.21. The van der Waals surface area contributed by atoms with Gasteiger partial charge in [0.1, 0.15) is 12.4 Å². The number of ether oxygens (including phenoxy) is 1. The summed E-state index contributed by atoms with van der Waals surface area (Å²) < 4.78 is 19.9. The normalized spacial score (nSPS) is 14.1. The molecule has 1 amide bonds. The van der Waals surface area contributed by atoms with Crippen molar-refractivity contribution >= 4 is 35.9 Å². The number of piperidine rings is 1. The van der Waals surface area contributed by atoms with Crippen molar-refractivity contribution in [1.29, 1.82) is 0 Å². The number of nitrogens with two attached hydrogens (primary N) is 2. The van der Waals surface area contributed by atoms with Crippen LogP contribution in [-0.4, -0.2) is 60.1 Å². The highest BCUT2D eigenvalue weighted by Gasteiger charge is 2.19. The van der Waals surface area contributed by atoms with E-state index in [9.17, 15) is 9.18 Å². The molecule has 2 aromatic rings. The number of aliphatic imine (C=N–C) groups is 3. The van der Waals surface area contributed by atoms with Gasteiger partial charge in [0.25, 0.3) is 0 Å². The van der Waals surface area contributed by atoms with Crippen LogP contribution in [0.1, 0.15) is 25.3 Å². The van der Waals surface area contributed by atoms with Crippen LogP contribution in [0, 0.1) is 5.82 Å². The van der Waals surface area contributed by atoms with Gasteiger partial charge in [-0.3, -0.25) is 0 Å². The third kappa shape index (κ3) is 7.03. The minimum Gasteiger partial charge on any atom is -0.443 e. The van der Waals surface area contributed by atoms with Gasteiger partial charge in [-0.1, -0.05) is 23.4 Å². The van der Waals surface area contributed by atoms with Gasteiger partial charge in [-0.05, 0) is 6.92 Å². The van der Waals surface area contributed by atoms with Gasteiger partial charge in [0, 0.05) is 68.3 Å². The van der Waals surface area contributed by atoms with Crippen molar-refractivity contribution in [3.8, 4) is 11.1 Å². The van der Waals surface area contributed by atoms with Crippen LogP contribution in [0.15, 0.2) is 50.7 Å². The Kier molecular flexibility index (Phi) is 8.76. The molecule has 0 bridgehead atoms. The molecule has 0 radical (unpaired) electrons. The van der Waals surface area contributed by atoms with Crippen molar-refractivity contribution in [1.82, 2.24) is 9.97 Å². The Morgan fingerprint density at radius 1 is 1.23 bits per heavy atom. The molecular weight excluding hydrogens is 457 g/mol. The fraction of sp³-hybridized carbons (Fsp3) is 0.318. The van der Waals surface area contributed by atoms with E-state index in [0.717, 1.165) is 5.71 Å². The lowest BCUT2D eigenvalue weighted by molar-refractivity contribution is 0.149. The number of benzene rings is 1. The van der Waals surface area contributed by atoms with Gasteiger partial charge < -0.3 is 25.9 Å². The summed E-state index contributed by atoms with van der Waals surface area (Å²) in [6, 6.07) is 4.93. The number of nitrogens with zero attached hydrogens (tertiary/aromatic N) is 7. The Labute approximate surface area is 201 Å². The number of amides is 1. The molecule has 1 aromatic heterocycles. The maximum atomic E-state index is 15.0. The van der Waals surface area contributed by atoms with E-state index in [4.69, 9.17) is 21.0 Å². The summed E-state index contributed by atoms with van der Waals surface area (Å²) in [4.78, 5) is 38.6. The number of aromatic nitrogens is 2. The largest absolute Gasteiger partial charge is 0.443 e. The zero-order valence-corrected chi connectivity index (χ0v) is 19.4. The molecule has 1 saturated heterocycles. The molecule has 2 heterocycles. The summed E-state index contributed by atoms with van der Waals surface area (Å²) in [6.45, 7) is 2.75. The highest BCUT2D eigenvalue weighted by atomic mass is 19.1. The van der Waals surface area contributed by atoms with Crippen LogP contribution in [0.25, 0.3) is 11.1 Å². The number of guanidine groups is 1. The monoisotopic (exact) mass is 483 g/mol. The van der Waals surface area contributed by atoms with E-state index in [1.54, 1.807) is 44.7 Å². The van der Waals surface area contributed by atoms with Gasteiger partial charge in [-0.2, -0.15) is 0 Å². The average molecular weight is 484 g/mol. The molecule has 0 atom stereocenters. The van der Waals surface area contributed by atoms with Crippen molar-refractivity contribution in [2.45, 2.75) is 26.4 Å². The van der Waals surface area contributed by atoms with Crippen molar-refractivity contribution in [3.05, 3.63) is 42.0 Å². The average Bonchev–Trinajstić information content (AvgIpc) is 2.86. The molecule has 12 nitrogen and oxygen atoms in total. The number of hydrogen-bond acceptors (Lipinski definition) is 8. The van der Waals surface area contributed by atoms with Crippen molar-refractivity contribution in [2.75, 3.05) is 25.0 Å². The second-order valence-corrected chi connectivity index (χ2v) is 7.27. The summed E-state index contributed by atoms with van der Waals surface area (Å²) in [5, 5.41) is 4.12. The summed E-state index contributed by atoms with van der Waals surface area (Å²) >= 11 is 0. The van der Waals surface area contributed by atoms with E-state index in [-0.39, 0.29) is 23.8 Å². The Balaban J connectivity index is 1.63. The topological polar surface area (TPSA) is 166 Å². The van der Waals surface area contributed by atoms with E-state index < -0.39 is 17.9 Å². The first kappa shape index (κ1) is 25.2.